The Morgan fingerprint density at radius 2 is 2.03 bits per heavy atom. The van der Waals surface area contributed by atoms with Crippen molar-refractivity contribution in [1.82, 2.24) is 19.1 Å². The SMILES string of the molecule is CN(CC(=O)NC1CCS(=O)(=O)C1)Cn1c(=S)oc2ccc(S(=O)(=O)N(C)C)cc21. The molecular formula is C17H24N4O6S3. The predicted octanol–water partition coefficient (Wildman–Crippen LogP) is 0.407. The third kappa shape index (κ3) is 4.91. The molecule has 0 bridgehead atoms. The lowest BCUT2D eigenvalue weighted by molar-refractivity contribution is -0.122. The molecule has 1 fully saturated rings. The fraction of sp³-hybridized carbons (Fsp3) is 0.529. The molecule has 1 aromatic carbocycles. The molecule has 166 valence electrons. The lowest BCUT2D eigenvalue weighted by Gasteiger charge is -2.19. The summed E-state index contributed by atoms with van der Waals surface area (Å²) in [4.78, 5) is 14.2. The summed E-state index contributed by atoms with van der Waals surface area (Å²) in [7, 11) is -2.11. The fourth-order valence-electron chi connectivity index (χ4n) is 3.27. The Balaban J connectivity index is 1.75. The average molecular weight is 477 g/mol. The first-order valence-electron chi connectivity index (χ1n) is 9.13. The minimum Gasteiger partial charge on any atom is -0.429 e. The van der Waals surface area contributed by atoms with Gasteiger partial charge in [0.2, 0.25) is 15.9 Å². The van der Waals surface area contributed by atoms with Gasteiger partial charge in [0, 0.05) is 20.1 Å². The molecule has 0 saturated carbocycles. The summed E-state index contributed by atoms with van der Waals surface area (Å²) in [5.74, 6) is -0.250. The molecule has 0 radical (unpaired) electrons. The number of oxazole rings is 1. The van der Waals surface area contributed by atoms with Crippen LogP contribution in [-0.4, -0.2) is 81.8 Å². The van der Waals surface area contributed by atoms with Gasteiger partial charge in [0.05, 0.1) is 35.1 Å². The molecular weight excluding hydrogens is 452 g/mol. The number of nitrogens with zero attached hydrogens (tertiary/aromatic N) is 3. The summed E-state index contributed by atoms with van der Waals surface area (Å²) in [6.45, 7) is 0.203. The van der Waals surface area contributed by atoms with Crippen LogP contribution >= 0.6 is 12.2 Å². The number of hydrogen-bond acceptors (Lipinski definition) is 8. The normalized spacial score (nSPS) is 19.0. The van der Waals surface area contributed by atoms with E-state index in [0.717, 1.165) is 4.31 Å². The molecule has 2 aromatic rings. The van der Waals surface area contributed by atoms with Crippen LogP contribution in [0.3, 0.4) is 0 Å². The van der Waals surface area contributed by atoms with Crippen molar-refractivity contribution in [3.8, 4) is 0 Å². The smallest absolute Gasteiger partial charge is 0.270 e. The van der Waals surface area contributed by atoms with E-state index in [4.69, 9.17) is 16.6 Å². The molecule has 1 N–H and O–H groups in total. The van der Waals surface area contributed by atoms with E-state index >= 15 is 0 Å². The lowest BCUT2D eigenvalue weighted by Crippen LogP contribution is -2.41. The number of likely N-dealkylation sites (N-methyl/N-ethyl adjacent to an activating group) is 1. The van der Waals surface area contributed by atoms with Gasteiger partial charge in [-0.15, -0.1) is 0 Å². The minimum atomic E-state index is -3.63. The van der Waals surface area contributed by atoms with Crippen molar-refractivity contribution in [2.75, 3.05) is 39.2 Å². The van der Waals surface area contributed by atoms with Crippen molar-refractivity contribution < 1.29 is 26.0 Å². The molecule has 0 spiro atoms. The quantitative estimate of drug-likeness (QED) is 0.570. The van der Waals surface area contributed by atoms with E-state index in [1.807, 2.05) is 0 Å². The maximum atomic E-state index is 12.4. The zero-order chi connectivity index (χ0) is 22.3. The van der Waals surface area contributed by atoms with Gasteiger partial charge in [-0.05, 0) is 43.9 Å². The van der Waals surface area contributed by atoms with Crippen molar-refractivity contribution >= 4 is 49.1 Å². The number of carbonyl (C=O) groups excluding carboxylic acids is 1. The summed E-state index contributed by atoms with van der Waals surface area (Å²) < 4.78 is 56.2. The van der Waals surface area contributed by atoms with E-state index in [9.17, 15) is 21.6 Å². The summed E-state index contributed by atoms with van der Waals surface area (Å²) in [6, 6.07) is 4.12. The van der Waals surface area contributed by atoms with Crippen LogP contribution in [0.5, 0.6) is 0 Å². The number of sulfone groups is 1. The molecule has 2 heterocycles. The highest BCUT2D eigenvalue weighted by Crippen LogP contribution is 2.23. The molecule has 1 saturated heterocycles. The van der Waals surface area contributed by atoms with Gasteiger partial charge in [-0.1, -0.05) is 0 Å². The Kier molecular flexibility index (Phi) is 6.39. The first-order chi connectivity index (χ1) is 13.9. The number of hydrogen-bond donors (Lipinski definition) is 1. The van der Waals surface area contributed by atoms with Crippen LogP contribution in [0, 0.1) is 4.84 Å². The van der Waals surface area contributed by atoms with Crippen LogP contribution < -0.4 is 5.32 Å². The predicted molar refractivity (Wildman–Crippen MR) is 114 cm³/mol. The Hall–Kier alpha value is -1.80. The Morgan fingerprint density at radius 3 is 2.63 bits per heavy atom. The number of nitrogens with one attached hydrogen (secondary N) is 1. The Bertz CT molecular complexity index is 1230. The number of fused-ring (bicyclic) bond motifs is 1. The highest BCUT2D eigenvalue weighted by atomic mass is 32.2. The van der Waals surface area contributed by atoms with Crippen LogP contribution in [-0.2, 0) is 31.3 Å². The average Bonchev–Trinajstić information content (AvgIpc) is 3.12. The molecule has 1 atom stereocenters. The van der Waals surface area contributed by atoms with Crippen LogP contribution in [0.2, 0.25) is 0 Å². The second-order valence-electron chi connectivity index (χ2n) is 7.54. The second-order valence-corrected chi connectivity index (χ2v) is 12.3. The molecule has 1 aliphatic rings. The van der Waals surface area contributed by atoms with E-state index in [0.29, 0.717) is 17.5 Å². The molecule has 1 unspecified atom stereocenters. The van der Waals surface area contributed by atoms with Crippen molar-refractivity contribution in [3.63, 3.8) is 0 Å². The van der Waals surface area contributed by atoms with E-state index in [2.05, 4.69) is 5.32 Å². The third-order valence-electron chi connectivity index (χ3n) is 4.81. The Labute approximate surface area is 180 Å². The van der Waals surface area contributed by atoms with Crippen LogP contribution in [0.15, 0.2) is 27.5 Å². The number of sulfonamides is 1. The fourth-order valence-corrected chi connectivity index (χ4v) is 6.11. The summed E-state index contributed by atoms with van der Waals surface area (Å²) in [5.41, 5.74) is 0.934. The van der Waals surface area contributed by atoms with Crippen molar-refractivity contribution in [2.45, 2.75) is 24.0 Å². The van der Waals surface area contributed by atoms with Crippen LogP contribution in [0.4, 0.5) is 0 Å². The standard InChI is InChI=1S/C17H24N4O6S3/c1-19(2)30(25,26)13-4-5-15-14(8-13)21(17(28)27-15)11-20(3)9-16(22)18-12-6-7-29(23,24)10-12/h4-5,8,12H,6-7,9-11H2,1-3H3,(H,18,22). The molecule has 30 heavy (non-hydrogen) atoms. The monoisotopic (exact) mass is 476 g/mol. The highest BCUT2D eigenvalue weighted by molar-refractivity contribution is 7.91. The number of benzene rings is 1. The number of amides is 1. The first kappa shape index (κ1) is 22.9. The van der Waals surface area contributed by atoms with Crippen molar-refractivity contribution in [2.24, 2.45) is 0 Å². The van der Waals surface area contributed by atoms with Gasteiger partial charge in [-0.25, -0.2) is 21.1 Å². The lowest BCUT2D eigenvalue weighted by atomic mass is 10.2. The maximum absolute atomic E-state index is 12.4. The molecule has 13 heteroatoms. The second kappa shape index (κ2) is 8.38. The van der Waals surface area contributed by atoms with Crippen LogP contribution in [0.25, 0.3) is 11.1 Å². The summed E-state index contributed by atoms with van der Waals surface area (Å²) in [5, 5.41) is 2.73. The Morgan fingerprint density at radius 1 is 1.33 bits per heavy atom. The molecule has 0 aliphatic carbocycles. The van der Waals surface area contributed by atoms with Gasteiger partial charge in [-0.2, -0.15) is 0 Å². The third-order valence-corrected chi connectivity index (χ3v) is 8.69. The number of aromatic nitrogens is 1. The van der Waals surface area contributed by atoms with Gasteiger partial charge in [0.15, 0.2) is 15.4 Å². The van der Waals surface area contributed by atoms with E-state index < -0.39 is 19.9 Å². The van der Waals surface area contributed by atoms with E-state index in [-0.39, 0.29) is 46.4 Å². The summed E-state index contributed by atoms with van der Waals surface area (Å²) in [6.07, 6.45) is 0.415. The molecule has 1 amide bonds. The largest absolute Gasteiger partial charge is 0.429 e. The number of rotatable bonds is 7. The summed E-state index contributed by atoms with van der Waals surface area (Å²) >= 11 is 5.26. The maximum Gasteiger partial charge on any atom is 0.270 e. The molecule has 3 rings (SSSR count). The minimum absolute atomic E-state index is 0.0146. The van der Waals surface area contributed by atoms with Gasteiger partial charge < -0.3 is 9.73 Å². The van der Waals surface area contributed by atoms with Crippen LogP contribution in [0.1, 0.15) is 6.42 Å². The van der Waals surface area contributed by atoms with E-state index in [1.54, 1.807) is 22.6 Å². The zero-order valence-electron chi connectivity index (χ0n) is 16.9. The number of carbonyl (C=O) groups is 1. The van der Waals surface area contributed by atoms with Crippen molar-refractivity contribution in [1.29, 1.82) is 0 Å². The van der Waals surface area contributed by atoms with Crippen molar-refractivity contribution in [3.05, 3.63) is 23.0 Å². The van der Waals surface area contributed by atoms with E-state index in [1.165, 1.54) is 26.2 Å². The highest BCUT2D eigenvalue weighted by Gasteiger charge is 2.29. The topological polar surface area (TPSA) is 122 Å². The van der Waals surface area contributed by atoms with Gasteiger partial charge in [0.25, 0.3) is 4.84 Å². The van der Waals surface area contributed by atoms with Gasteiger partial charge in [-0.3, -0.25) is 14.3 Å². The first-order valence-corrected chi connectivity index (χ1v) is 12.8. The van der Waals surface area contributed by atoms with Gasteiger partial charge >= 0.3 is 0 Å². The molecule has 1 aromatic heterocycles. The molecule has 10 nitrogen and oxygen atoms in total. The van der Waals surface area contributed by atoms with Gasteiger partial charge in [0.1, 0.15) is 0 Å². The molecule has 1 aliphatic heterocycles. The zero-order valence-corrected chi connectivity index (χ0v) is 19.3.